The van der Waals surface area contributed by atoms with Crippen LogP contribution < -0.4 is 10.2 Å². The van der Waals surface area contributed by atoms with Crippen LogP contribution in [-0.4, -0.2) is 51.9 Å². The molecule has 1 aromatic carbocycles. The number of amides is 1. The number of anilines is 2. The summed E-state index contributed by atoms with van der Waals surface area (Å²) in [5.41, 5.74) is 1.77. The van der Waals surface area contributed by atoms with Crippen LogP contribution in [0.2, 0.25) is 5.02 Å². The summed E-state index contributed by atoms with van der Waals surface area (Å²) >= 11 is 6.20. The molecule has 1 fully saturated rings. The molecule has 3 heterocycles. The standard InChI is InChI=1S/C21H20ClN7O/c22-17-4-2-1-3-15(17)13-25-21-26-14-16-18(27-21)6-8-24-20(16)29-11-9-28(10-12-29)19(30)5-7-23/h1-4,6,8,14H,5,9-13H2,(H,25,26,27). The maximum Gasteiger partial charge on any atom is 0.236 e. The molecule has 9 heteroatoms. The van der Waals surface area contributed by atoms with Gasteiger partial charge in [-0.15, -0.1) is 0 Å². The van der Waals surface area contributed by atoms with Crippen molar-refractivity contribution in [1.82, 2.24) is 19.9 Å². The molecule has 0 atom stereocenters. The van der Waals surface area contributed by atoms with Gasteiger partial charge < -0.3 is 15.1 Å². The Morgan fingerprint density at radius 2 is 1.97 bits per heavy atom. The molecule has 1 N–H and O–H groups in total. The van der Waals surface area contributed by atoms with Crippen molar-refractivity contribution >= 4 is 40.2 Å². The Morgan fingerprint density at radius 3 is 2.73 bits per heavy atom. The number of hydrogen-bond acceptors (Lipinski definition) is 7. The Labute approximate surface area is 179 Å². The molecule has 1 amide bonds. The third kappa shape index (κ3) is 4.26. The third-order valence-electron chi connectivity index (χ3n) is 5.05. The number of piperazine rings is 1. The second-order valence-electron chi connectivity index (χ2n) is 6.91. The minimum Gasteiger partial charge on any atom is -0.352 e. The lowest BCUT2D eigenvalue weighted by Crippen LogP contribution is -2.49. The minimum atomic E-state index is -0.124. The van der Waals surface area contributed by atoms with Crippen LogP contribution in [0.4, 0.5) is 11.8 Å². The molecular weight excluding hydrogens is 402 g/mol. The summed E-state index contributed by atoms with van der Waals surface area (Å²) in [6.07, 6.45) is 3.42. The minimum absolute atomic E-state index is 0.0790. The van der Waals surface area contributed by atoms with Crippen molar-refractivity contribution in [3.8, 4) is 6.07 Å². The molecule has 1 aliphatic rings. The van der Waals surface area contributed by atoms with Gasteiger partial charge in [-0.3, -0.25) is 4.79 Å². The number of carbonyl (C=O) groups excluding carboxylic acids is 1. The Bertz CT molecular complexity index is 1110. The van der Waals surface area contributed by atoms with E-state index < -0.39 is 0 Å². The Hall–Kier alpha value is -3.44. The molecule has 0 bridgehead atoms. The number of nitrogens with one attached hydrogen (secondary N) is 1. The summed E-state index contributed by atoms with van der Waals surface area (Å²) < 4.78 is 0. The van der Waals surface area contributed by atoms with Gasteiger partial charge in [0.25, 0.3) is 0 Å². The number of halogens is 1. The van der Waals surface area contributed by atoms with E-state index in [1.165, 1.54) is 0 Å². The van der Waals surface area contributed by atoms with E-state index in [1.54, 1.807) is 17.3 Å². The molecule has 8 nitrogen and oxygen atoms in total. The van der Waals surface area contributed by atoms with Crippen LogP contribution in [-0.2, 0) is 11.3 Å². The van der Waals surface area contributed by atoms with E-state index in [9.17, 15) is 4.79 Å². The molecule has 0 aliphatic carbocycles. The average Bonchev–Trinajstić information content (AvgIpc) is 2.78. The molecular formula is C21H20ClN7O. The quantitative estimate of drug-likeness (QED) is 0.676. The van der Waals surface area contributed by atoms with E-state index in [4.69, 9.17) is 16.9 Å². The van der Waals surface area contributed by atoms with Crippen LogP contribution in [0.5, 0.6) is 0 Å². The number of rotatable bonds is 5. The highest BCUT2D eigenvalue weighted by molar-refractivity contribution is 6.31. The lowest BCUT2D eigenvalue weighted by Gasteiger charge is -2.35. The van der Waals surface area contributed by atoms with Crippen molar-refractivity contribution in [3.63, 3.8) is 0 Å². The molecule has 1 saturated heterocycles. The summed E-state index contributed by atoms with van der Waals surface area (Å²) in [5, 5.41) is 13.5. The predicted octanol–water partition coefficient (Wildman–Crippen LogP) is 2.85. The van der Waals surface area contributed by atoms with Gasteiger partial charge in [0.2, 0.25) is 11.9 Å². The van der Waals surface area contributed by atoms with E-state index >= 15 is 0 Å². The maximum absolute atomic E-state index is 11.9. The van der Waals surface area contributed by atoms with Gasteiger partial charge in [0.15, 0.2) is 0 Å². The number of aromatic nitrogens is 3. The molecule has 0 saturated carbocycles. The molecule has 0 unspecified atom stereocenters. The summed E-state index contributed by atoms with van der Waals surface area (Å²) in [6.45, 7) is 2.96. The van der Waals surface area contributed by atoms with E-state index in [0.29, 0.717) is 43.7 Å². The largest absolute Gasteiger partial charge is 0.352 e. The molecule has 152 valence electrons. The van der Waals surface area contributed by atoms with Gasteiger partial charge in [-0.1, -0.05) is 29.8 Å². The topological polar surface area (TPSA) is 98.0 Å². The van der Waals surface area contributed by atoms with Crippen molar-refractivity contribution in [2.24, 2.45) is 0 Å². The van der Waals surface area contributed by atoms with E-state index in [1.807, 2.05) is 36.4 Å². The maximum atomic E-state index is 11.9. The van der Waals surface area contributed by atoms with Gasteiger partial charge in [0.05, 0.1) is 17.0 Å². The number of nitriles is 1. The summed E-state index contributed by atoms with van der Waals surface area (Å²) in [7, 11) is 0. The first-order valence-corrected chi connectivity index (χ1v) is 10.0. The SMILES string of the molecule is N#CCC(=O)N1CCN(c2nccc3nc(NCc4ccccc4Cl)ncc23)CC1. The van der Waals surface area contributed by atoms with Gasteiger partial charge in [-0.2, -0.15) is 5.26 Å². The van der Waals surface area contributed by atoms with Crippen LogP contribution in [0.25, 0.3) is 10.9 Å². The highest BCUT2D eigenvalue weighted by Crippen LogP contribution is 2.25. The van der Waals surface area contributed by atoms with Gasteiger partial charge in [-0.25, -0.2) is 15.0 Å². The zero-order chi connectivity index (χ0) is 20.9. The van der Waals surface area contributed by atoms with Crippen molar-refractivity contribution in [1.29, 1.82) is 5.26 Å². The molecule has 2 aromatic heterocycles. The van der Waals surface area contributed by atoms with Crippen molar-refractivity contribution in [2.45, 2.75) is 13.0 Å². The van der Waals surface area contributed by atoms with E-state index in [0.717, 1.165) is 22.3 Å². The number of pyridine rings is 1. The lowest BCUT2D eigenvalue weighted by atomic mass is 10.2. The normalized spacial score (nSPS) is 13.9. The monoisotopic (exact) mass is 421 g/mol. The number of hydrogen-bond donors (Lipinski definition) is 1. The fraction of sp³-hybridized carbons (Fsp3) is 0.286. The first kappa shape index (κ1) is 19.9. The first-order valence-electron chi connectivity index (χ1n) is 9.64. The average molecular weight is 422 g/mol. The lowest BCUT2D eigenvalue weighted by molar-refractivity contribution is -0.130. The second-order valence-corrected chi connectivity index (χ2v) is 7.32. The predicted molar refractivity (Wildman–Crippen MR) is 115 cm³/mol. The zero-order valence-corrected chi connectivity index (χ0v) is 17.0. The van der Waals surface area contributed by atoms with Crippen LogP contribution >= 0.6 is 11.6 Å². The fourth-order valence-corrected chi connectivity index (χ4v) is 3.65. The summed E-state index contributed by atoms with van der Waals surface area (Å²) in [5.74, 6) is 1.20. The Morgan fingerprint density at radius 1 is 1.17 bits per heavy atom. The first-order chi connectivity index (χ1) is 14.7. The Kier molecular flexibility index (Phi) is 5.91. The highest BCUT2D eigenvalue weighted by Gasteiger charge is 2.23. The van der Waals surface area contributed by atoms with Crippen molar-refractivity contribution < 1.29 is 4.79 Å². The van der Waals surface area contributed by atoms with Crippen LogP contribution in [0, 0.1) is 11.3 Å². The molecule has 0 spiro atoms. The van der Waals surface area contributed by atoms with Crippen LogP contribution in [0.1, 0.15) is 12.0 Å². The molecule has 0 radical (unpaired) electrons. The second kappa shape index (κ2) is 8.93. The molecule has 1 aliphatic heterocycles. The van der Waals surface area contributed by atoms with Crippen LogP contribution in [0.15, 0.2) is 42.7 Å². The smallest absolute Gasteiger partial charge is 0.236 e. The number of fused-ring (bicyclic) bond motifs is 1. The number of carbonyl (C=O) groups is 1. The van der Waals surface area contributed by atoms with Gasteiger partial charge in [0.1, 0.15) is 12.2 Å². The number of benzene rings is 1. The molecule has 30 heavy (non-hydrogen) atoms. The molecule has 4 rings (SSSR count). The fourth-order valence-electron chi connectivity index (χ4n) is 3.44. The highest BCUT2D eigenvalue weighted by atomic mass is 35.5. The Balaban J connectivity index is 1.48. The summed E-state index contributed by atoms with van der Waals surface area (Å²) in [6, 6.07) is 11.4. The zero-order valence-electron chi connectivity index (χ0n) is 16.3. The van der Waals surface area contributed by atoms with Gasteiger partial charge >= 0.3 is 0 Å². The summed E-state index contributed by atoms with van der Waals surface area (Å²) in [4.78, 5) is 29.3. The van der Waals surface area contributed by atoms with Gasteiger partial charge in [-0.05, 0) is 17.7 Å². The number of nitrogens with zero attached hydrogens (tertiary/aromatic N) is 6. The van der Waals surface area contributed by atoms with E-state index in [2.05, 4.69) is 25.2 Å². The third-order valence-corrected chi connectivity index (χ3v) is 5.41. The van der Waals surface area contributed by atoms with Crippen molar-refractivity contribution in [2.75, 3.05) is 36.4 Å². The molecule has 3 aromatic rings. The van der Waals surface area contributed by atoms with E-state index in [-0.39, 0.29) is 12.3 Å². The van der Waals surface area contributed by atoms with Crippen LogP contribution in [0.3, 0.4) is 0 Å². The van der Waals surface area contributed by atoms with Crippen molar-refractivity contribution in [3.05, 3.63) is 53.3 Å². The van der Waals surface area contributed by atoms with Gasteiger partial charge in [0, 0.05) is 50.1 Å².